The summed E-state index contributed by atoms with van der Waals surface area (Å²) in [6, 6.07) is 0. The van der Waals surface area contributed by atoms with Crippen LogP contribution in [0, 0.1) is 0 Å². The van der Waals surface area contributed by atoms with Crippen LogP contribution in [0.4, 0.5) is 0 Å². The molecule has 6 heteroatoms. The van der Waals surface area contributed by atoms with E-state index in [4.69, 9.17) is 5.73 Å². The van der Waals surface area contributed by atoms with Crippen LogP contribution >= 0.6 is 0 Å². The summed E-state index contributed by atoms with van der Waals surface area (Å²) in [5.41, 5.74) is 5.26. The van der Waals surface area contributed by atoms with Crippen molar-refractivity contribution in [2.45, 2.75) is 32.7 Å². The molecule has 15 heavy (non-hydrogen) atoms. The van der Waals surface area contributed by atoms with Crippen molar-refractivity contribution in [2.75, 3.05) is 23.0 Å². The zero-order valence-electron chi connectivity index (χ0n) is 9.65. The van der Waals surface area contributed by atoms with E-state index < -0.39 is 26.2 Å². The van der Waals surface area contributed by atoms with Gasteiger partial charge in [-0.05, 0) is 20.3 Å². The van der Waals surface area contributed by atoms with Crippen molar-refractivity contribution in [1.82, 2.24) is 0 Å². The summed E-state index contributed by atoms with van der Waals surface area (Å²) >= 11 is 0. The highest BCUT2D eigenvalue weighted by atomic mass is 32.2. The van der Waals surface area contributed by atoms with E-state index in [2.05, 4.69) is 0 Å². The summed E-state index contributed by atoms with van der Waals surface area (Å²) in [7, 11) is -3.94. The van der Waals surface area contributed by atoms with Crippen molar-refractivity contribution < 1.29 is 12.6 Å². The molecule has 0 heterocycles. The van der Waals surface area contributed by atoms with Crippen LogP contribution in [0.3, 0.4) is 0 Å². The Balaban J connectivity index is 3.84. The highest BCUT2D eigenvalue weighted by molar-refractivity contribution is 7.91. The van der Waals surface area contributed by atoms with Gasteiger partial charge >= 0.3 is 0 Å². The molecule has 0 aliphatic carbocycles. The van der Waals surface area contributed by atoms with Gasteiger partial charge in [0, 0.05) is 33.6 Å². The lowest BCUT2D eigenvalue weighted by Crippen LogP contribution is -2.38. The fourth-order valence-corrected chi connectivity index (χ4v) is 3.57. The fourth-order valence-electron chi connectivity index (χ4n) is 1.07. The predicted octanol–water partition coefficient (Wildman–Crippen LogP) is 0.297. The second-order valence-electron chi connectivity index (χ2n) is 4.37. The largest absolute Gasteiger partial charge is 0.325 e. The Morgan fingerprint density at radius 2 is 1.87 bits per heavy atom. The topological polar surface area (TPSA) is 77.2 Å². The van der Waals surface area contributed by atoms with Gasteiger partial charge in [0.1, 0.15) is 9.84 Å². The van der Waals surface area contributed by atoms with E-state index in [-0.39, 0.29) is 11.5 Å². The summed E-state index contributed by atoms with van der Waals surface area (Å²) in [5.74, 6) is 1.11. The molecular formula is C9H21NO3S2. The number of rotatable bonds is 7. The van der Waals surface area contributed by atoms with Gasteiger partial charge in [-0.15, -0.1) is 0 Å². The molecular weight excluding hydrogens is 234 g/mol. The molecule has 0 saturated heterocycles. The molecule has 0 aromatic carbocycles. The van der Waals surface area contributed by atoms with Gasteiger partial charge in [0.2, 0.25) is 0 Å². The van der Waals surface area contributed by atoms with Gasteiger partial charge in [-0.2, -0.15) is 0 Å². The first kappa shape index (κ1) is 15.1. The number of hydrogen-bond acceptors (Lipinski definition) is 4. The molecule has 0 aromatic heterocycles. The molecule has 0 spiro atoms. The fraction of sp³-hybridized carbons (Fsp3) is 1.00. The summed E-state index contributed by atoms with van der Waals surface area (Å²) in [4.78, 5) is 0. The van der Waals surface area contributed by atoms with E-state index in [0.717, 1.165) is 0 Å². The Kier molecular flexibility index (Phi) is 5.98. The van der Waals surface area contributed by atoms with Gasteiger partial charge in [0.05, 0.1) is 5.75 Å². The van der Waals surface area contributed by atoms with E-state index in [1.807, 2.05) is 13.8 Å². The molecule has 0 bridgehead atoms. The molecule has 0 rings (SSSR count). The van der Waals surface area contributed by atoms with Crippen LogP contribution in [0.2, 0.25) is 0 Å². The summed E-state index contributed by atoms with van der Waals surface area (Å²) < 4.78 is 33.8. The van der Waals surface area contributed by atoms with Gasteiger partial charge in [-0.3, -0.25) is 4.21 Å². The predicted molar refractivity (Wildman–Crippen MR) is 65.1 cm³/mol. The maximum Gasteiger partial charge on any atom is 0.150 e. The minimum Gasteiger partial charge on any atom is -0.325 e. The van der Waals surface area contributed by atoms with Crippen LogP contribution in [0.5, 0.6) is 0 Å². The molecule has 0 radical (unpaired) electrons. The molecule has 0 aliphatic heterocycles. The summed E-state index contributed by atoms with van der Waals surface area (Å²) in [6.45, 7) is 5.25. The third kappa shape index (κ3) is 9.02. The molecule has 92 valence electrons. The van der Waals surface area contributed by atoms with Gasteiger partial charge in [0.25, 0.3) is 0 Å². The van der Waals surface area contributed by atoms with E-state index in [0.29, 0.717) is 17.9 Å². The van der Waals surface area contributed by atoms with E-state index >= 15 is 0 Å². The van der Waals surface area contributed by atoms with Crippen molar-refractivity contribution >= 4 is 20.6 Å². The monoisotopic (exact) mass is 255 g/mol. The zero-order chi connectivity index (χ0) is 12.1. The number of nitrogens with two attached hydrogens (primary N) is 1. The maximum atomic E-state index is 11.5. The Bertz CT molecular complexity index is 304. The van der Waals surface area contributed by atoms with E-state index in [1.165, 1.54) is 0 Å². The Labute approximate surface area is 95.0 Å². The SMILES string of the molecule is CCS(=O)(=O)CCCS(=O)CC(C)(C)N. The van der Waals surface area contributed by atoms with Crippen LogP contribution in [0.1, 0.15) is 27.2 Å². The molecule has 0 amide bonds. The van der Waals surface area contributed by atoms with Crippen LogP contribution in [-0.4, -0.2) is 41.2 Å². The maximum absolute atomic E-state index is 11.5. The van der Waals surface area contributed by atoms with Gasteiger partial charge < -0.3 is 5.73 Å². The normalized spacial score (nSPS) is 15.2. The molecule has 1 unspecified atom stereocenters. The van der Waals surface area contributed by atoms with Gasteiger partial charge in [-0.1, -0.05) is 6.92 Å². The van der Waals surface area contributed by atoms with Crippen molar-refractivity contribution in [3.63, 3.8) is 0 Å². The Morgan fingerprint density at radius 1 is 1.33 bits per heavy atom. The van der Waals surface area contributed by atoms with Crippen LogP contribution in [0.25, 0.3) is 0 Å². The van der Waals surface area contributed by atoms with E-state index in [1.54, 1.807) is 6.92 Å². The van der Waals surface area contributed by atoms with Crippen molar-refractivity contribution in [3.05, 3.63) is 0 Å². The first-order valence-corrected chi connectivity index (χ1v) is 8.31. The highest BCUT2D eigenvalue weighted by Gasteiger charge is 2.15. The molecule has 4 nitrogen and oxygen atoms in total. The van der Waals surface area contributed by atoms with Crippen LogP contribution in [-0.2, 0) is 20.6 Å². The number of sulfone groups is 1. The van der Waals surface area contributed by atoms with Gasteiger partial charge in [0.15, 0.2) is 0 Å². The quantitative estimate of drug-likeness (QED) is 0.709. The summed E-state index contributed by atoms with van der Waals surface area (Å²) in [5, 5.41) is 0. The second-order valence-corrected chi connectivity index (χ2v) is 8.42. The molecule has 0 aromatic rings. The zero-order valence-corrected chi connectivity index (χ0v) is 11.3. The molecule has 1 atom stereocenters. The Morgan fingerprint density at radius 3 is 2.27 bits per heavy atom. The van der Waals surface area contributed by atoms with Crippen molar-refractivity contribution in [1.29, 1.82) is 0 Å². The first-order chi connectivity index (χ1) is 6.66. The molecule has 0 aliphatic rings. The van der Waals surface area contributed by atoms with E-state index in [9.17, 15) is 12.6 Å². The molecule has 0 saturated carbocycles. The minimum absolute atomic E-state index is 0.125. The second kappa shape index (κ2) is 5.96. The third-order valence-electron chi connectivity index (χ3n) is 1.80. The standard InChI is InChI=1S/C9H21NO3S2/c1-4-15(12,13)7-5-6-14(11)8-9(2,3)10/h4-8,10H2,1-3H3. The Hall–Kier alpha value is 0.0600. The average Bonchev–Trinajstić information content (AvgIpc) is 2.00. The van der Waals surface area contributed by atoms with Crippen molar-refractivity contribution in [3.8, 4) is 0 Å². The van der Waals surface area contributed by atoms with Crippen molar-refractivity contribution in [2.24, 2.45) is 5.73 Å². The average molecular weight is 255 g/mol. The molecule has 2 N–H and O–H groups in total. The lowest BCUT2D eigenvalue weighted by atomic mass is 10.1. The van der Waals surface area contributed by atoms with Crippen LogP contribution in [0.15, 0.2) is 0 Å². The number of hydrogen-bond donors (Lipinski definition) is 1. The lowest BCUT2D eigenvalue weighted by molar-refractivity contribution is 0.577. The minimum atomic E-state index is -2.92. The smallest absolute Gasteiger partial charge is 0.150 e. The summed E-state index contributed by atoms with van der Waals surface area (Å²) in [6.07, 6.45) is 0.457. The molecule has 0 fully saturated rings. The highest BCUT2D eigenvalue weighted by Crippen LogP contribution is 2.02. The van der Waals surface area contributed by atoms with Crippen LogP contribution < -0.4 is 5.73 Å². The lowest BCUT2D eigenvalue weighted by Gasteiger charge is -2.17. The third-order valence-corrected chi connectivity index (χ3v) is 5.40. The van der Waals surface area contributed by atoms with Gasteiger partial charge in [-0.25, -0.2) is 8.42 Å². The first-order valence-electron chi connectivity index (χ1n) is 5.00.